The molecular formula is C21H29FN4O2. The minimum Gasteiger partial charge on any atom is -0.361 e. The Hall–Kier alpha value is -2.25. The number of nitrogens with one attached hydrogen (secondary N) is 2. The van der Waals surface area contributed by atoms with E-state index < -0.39 is 0 Å². The molecule has 1 aromatic heterocycles. The van der Waals surface area contributed by atoms with Gasteiger partial charge in [-0.1, -0.05) is 30.1 Å². The first-order valence-electron chi connectivity index (χ1n) is 9.90. The lowest BCUT2D eigenvalue weighted by Gasteiger charge is -2.17. The van der Waals surface area contributed by atoms with Crippen molar-refractivity contribution < 1.29 is 13.7 Å². The highest BCUT2D eigenvalue weighted by Gasteiger charge is 2.24. The molecule has 1 fully saturated rings. The molecule has 1 aliphatic heterocycles. The second-order valence-corrected chi connectivity index (χ2v) is 7.60. The Morgan fingerprint density at radius 2 is 1.96 bits per heavy atom. The summed E-state index contributed by atoms with van der Waals surface area (Å²) in [5.41, 5.74) is 8.98. The predicted octanol–water partition coefficient (Wildman–Crippen LogP) is 3.67. The summed E-state index contributed by atoms with van der Waals surface area (Å²) >= 11 is 0. The molecule has 0 spiro atoms. The highest BCUT2D eigenvalue weighted by Crippen LogP contribution is 2.24. The number of hydrogen-bond acceptors (Lipinski definition) is 5. The molecule has 3 rings (SSSR count). The van der Waals surface area contributed by atoms with Crippen LogP contribution in [-0.2, 0) is 0 Å². The summed E-state index contributed by atoms with van der Waals surface area (Å²) in [6.45, 7) is 4.28. The number of rotatable bonds is 8. The lowest BCUT2D eigenvalue weighted by molar-refractivity contribution is 0.0790. The van der Waals surface area contributed by atoms with E-state index in [0.29, 0.717) is 23.1 Å². The first-order chi connectivity index (χ1) is 13.5. The summed E-state index contributed by atoms with van der Waals surface area (Å²) in [5, 5.41) is 3.85. The zero-order valence-electron chi connectivity index (χ0n) is 16.8. The van der Waals surface area contributed by atoms with Crippen LogP contribution in [0.3, 0.4) is 0 Å². The highest BCUT2D eigenvalue weighted by atomic mass is 19.1. The van der Waals surface area contributed by atoms with Crippen LogP contribution < -0.4 is 10.9 Å². The third kappa shape index (κ3) is 4.97. The third-order valence-electron chi connectivity index (χ3n) is 5.39. The molecule has 1 saturated heterocycles. The number of hydrogen-bond donors (Lipinski definition) is 2. The molecule has 0 radical (unpaired) electrons. The zero-order valence-corrected chi connectivity index (χ0v) is 16.8. The summed E-state index contributed by atoms with van der Waals surface area (Å²) in [4.78, 5) is 14.2. The molecule has 152 valence electrons. The van der Waals surface area contributed by atoms with Crippen LogP contribution in [0.1, 0.15) is 65.5 Å². The normalized spacial score (nSPS) is 19.1. The molecule has 2 aromatic rings. The van der Waals surface area contributed by atoms with Crippen LogP contribution in [-0.4, -0.2) is 35.6 Å². The van der Waals surface area contributed by atoms with E-state index in [2.05, 4.69) is 16.0 Å². The molecule has 2 N–H and O–H groups in total. The van der Waals surface area contributed by atoms with Gasteiger partial charge in [0.05, 0.1) is 5.69 Å². The van der Waals surface area contributed by atoms with Crippen molar-refractivity contribution in [2.45, 2.75) is 58.0 Å². The Bertz CT molecular complexity index is 771. The monoisotopic (exact) mass is 388 g/mol. The second-order valence-electron chi connectivity index (χ2n) is 7.60. The number of carbonyl (C=O) groups excluding carboxylic acids is 1. The maximum absolute atomic E-state index is 13.0. The van der Waals surface area contributed by atoms with Gasteiger partial charge in [-0.05, 0) is 50.8 Å². The van der Waals surface area contributed by atoms with E-state index in [0.717, 1.165) is 44.2 Å². The summed E-state index contributed by atoms with van der Waals surface area (Å²) in [5.74, 6) is 0.342. The van der Waals surface area contributed by atoms with Gasteiger partial charge in [0.2, 0.25) is 0 Å². The number of carbonyl (C=O) groups is 1. The number of nitrogens with zero attached hydrogens (tertiary/aromatic N) is 2. The number of halogens is 1. The Kier molecular flexibility index (Phi) is 6.80. The molecule has 7 heteroatoms. The molecule has 2 atom stereocenters. The molecule has 2 heterocycles. The van der Waals surface area contributed by atoms with Gasteiger partial charge >= 0.3 is 0 Å². The number of aryl methyl sites for hydroxylation is 2. The summed E-state index contributed by atoms with van der Waals surface area (Å²) in [7, 11) is 1.82. The van der Waals surface area contributed by atoms with Crippen molar-refractivity contribution in [3.63, 3.8) is 0 Å². The number of aromatic nitrogens is 1. The molecular weight excluding hydrogens is 359 g/mol. The van der Waals surface area contributed by atoms with Gasteiger partial charge in [0.15, 0.2) is 0 Å². The molecule has 1 aliphatic rings. The van der Waals surface area contributed by atoms with E-state index in [1.54, 1.807) is 18.7 Å². The maximum atomic E-state index is 13.0. The highest BCUT2D eigenvalue weighted by molar-refractivity contribution is 5.95. The maximum Gasteiger partial charge on any atom is 0.259 e. The average molecular weight is 388 g/mol. The van der Waals surface area contributed by atoms with E-state index in [9.17, 15) is 9.18 Å². The molecule has 1 amide bonds. The van der Waals surface area contributed by atoms with Crippen molar-refractivity contribution in [2.24, 2.45) is 0 Å². The van der Waals surface area contributed by atoms with Crippen LogP contribution in [0.25, 0.3) is 0 Å². The van der Waals surface area contributed by atoms with Gasteiger partial charge in [-0.2, -0.15) is 0 Å². The molecule has 2 unspecified atom stereocenters. The predicted molar refractivity (Wildman–Crippen MR) is 105 cm³/mol. The van der Waals surface area contributed by atoms with E-state index in [1.165, 1.54) is 12.1 Å². The Balaban J connectivity index is 1.34. The van der Waals surface area contributed by atoms with E-state index >= 15 is 0 Å². The fourth-order valence-electron chi connectivity index (χ4n) is 3.72. The fourth-order valence-corrected chi connectivity index (χ4v) is 3.72. The van der Waals surface area contributed by atoms with Gasteiger partial charge in [-0.3, -0.25) is 15.6 Å². The third-order valence-corrected chi connectivity index (χ3v) is 5.39. The van der Waals surface area contributed by atoms with Crippen molar-refractivity contribution in [3.05, 3.63) is 52.7 Å². The summed E-state index contributed by atoms with van der Waals surface area (Å²) in [6.07, 6.45) is 5.21. The number of unbranched alkanes of at least 4 members (excludes halogenated alkanes) is 2. The van der Waals surface area contributed by atoms with Crippen LogP contribution in [0.5, 0.6) is 0 Å². The van der Waals surface area contributed by atoms with Crippen LogP contribution in [0, 0.1) is 19.7 Å². The molecule has 6 nitrogen and oxygen atoms in total. The summed E-state index contributed by atoms with van der Waals surface area (Å²) in [6, 6.07) is 7.32. The smallest absolute Gasteiger partial charge is 0.259 e. The topological polar surface area (TPSA) is 70.4 Å². The van der Waals surface area contributed by atoms with Crippen molar-refractivity contribution in [1.29, 1.82) is 0 Å². The number of amides is 1. The van der Waals surface area contributed by atoms with E-state index in [4.69, 9.17) is 4.52 Å². The van der Waals surface area contributed by atoms with Crippen LogP contribution in [0.2, 0.25) is 0 Å². The van der Waals surface area contributed by atoms with Gasteiger partial charge in [0.1, 0.15) is 17.1 Å². The van der Waals surface area contributed by atoms with Crippen molar-refractivity contribution in [3.8, 4) is 0 Å². The van der Waals surface area contributed by atoms with Crippen molar-refractivity contribution in [1.82, 2.24) is 20.9 Å². The SMILES string of the molecule is Cc1noc(C)c1C(=O)N(C)CCCCCC1CC(c2ccc(F)cc2)NN1. The van der Waals surface area contributed by atoms with Gasteiger partial charge in [0.25, 0.3) is 5.91 Å². The molecule has 0 aliphatic carbocycles. The van der Waals surface area contributed by atoms with Gasteiger partial charge < -0.3 is 9.42 Å². The van der Waals surface area contributed by atoms with Gasteiger partial charge in [-0.15, -0.1) is 0 Å². The van der Waals surface area contributed by atoms with Crippen molar-refractivity contribution >= 4 is 5.91 Å². The molecule has 0 saturated carbocycles. The average Bonchev–Trinajstić information content (AvgIpc) is 3.28. The summed E-state index contributed by atoms with van der Waals surface area (Å²) < 4.78 is 18.1. The largest absolute Gasteiger partial charge is 0.361 e. The quantitative estimate of drug-likeness (QED) is 0.675. The van der Waals surface area contributed by atoms with E-state index in [1.807, 2.05) is 19.2 Å². The van der Waals surface area contributed by atoms with Crippen LogP contribution in [0.4, 0.5) is 4.39 Å². The number of hydrazine groups is 1. The Labute approximate surface area is 165 Å². The lowest BCUT2D eigenvalue weighted by Crippen LogP contribution is -2.31. The number of benzene rings is 1. The van der Waals surface area contributed by atoms with Gasteiger partial charge in [0, 0.05) is 25.7 Å². The lowest BCUT2D eigenvalue weighted by atomic mass is 9.99. The fraction of sp³-hybridized carbons (Fsp3) is 0.524. The van der Waals surface area contributed by atoms with Gasteiger partial charge in [-0.25, -0.2) is 4.39 Å². The first-order valence-corrected chi connectivity index (χ1v) is 9.90. The van der Waals surface area contributed by atoms with E-state index in [-0.39, 0.29) is 17.8 Å². The van der Waals surface area contributed by atoms with Crippen LogP contribution >= 0.6 is 0 Å². The molecule has 1 aromatic carbocycles. The second kappa shape index (κ2) is 9.30. The standard InChI is InChI=1S/C21H29FN4O2/c1-14-20(15(2)28-25-14)21(27)26(3)12-6-4-5-7-18-13-19(24-23-18)16-8-10-17(22)11-9-16/h8-11,18-19,23-24H,4-7,12-13H2,1-3H3. The Morgan fingerprint density at radius 3 is 2.64 bits per heavy atom. The minimum atomic E-state index is -0.205. The van der Waals surface area contributed by atoms with Crippen LogP contribution in [0.15, 0.2) is 28.8 Å². The minimum absolute atomic E-state index is 0.0277. The molecule has 0 bridgehead atoms. The first kappa shape index (κ1) is 20.5. The molecule has 28 heavy (non-hydrogen) atoms. The van der Waals surface area contributed by atoms with Crippen molar-refractivity contribution in [2.75, 3.05) is 13.6 Å². The Morgan fingerprint density at radius 1 is 1.21 bits per heavy atom. The zero-order chi connectivity index (χ0) is 20.1.